The molecule has 4 heteroatoms. The molecular formula is C28H40Cl2SiZr. The fourth-order valence-electron chi connectivity index (χ4n) is 6.71. The van der Waals surface area contributed by atoms with E-state index in [0.717, 1.165) is 0 Å². The van der Waals surface area contributed by atoms with E-state index in [-0.39, 0.29) is 24.8 Å². The standard InChI is InChI=1S/2C13H15.2CH3.2ClH.H2Si.Zr/c2*1-4-11-7-12-9(2)5-6-10(3)13(12)8-11;;;;;;/h2*5-8H,4H2,1-3H3;2*1H3;2*1H;1H2;. The number of rotatable bonds is 4. The van der Waals surface area contributed by atoms with E-state index in [1.54, 1.807) is 22.3 Å². The first kappa shape index (κ1) is 27.8. The third-order valence-electron chi connectivity index (χ3n) is 8.14. The molecule has 2 unspecified atom stereocenters. The summed E-state index contributed by atoms with van der Waals surface area (Å²) >= 11 is -3.38. The zero-order valence-electron chi connectivity index (χ0n) is 21.1. The Morgan fingerprint density at radius 3 is 1.28 bits per heavy atom. The van der Waals surface area contributed by atoms with E-state index in [2.05, 4.69) is 94.1 Å². The van der Waals surface area contributed by atoms with Crippen LogP contribution in [-0.4, -0.2) is 6.88 Å². The Morgan fingerprint density at radius 1 is 0.656 bits per heavy atom. The summed E-state index contributed by atoms with van der Waals surface area (Å²) in [6, 6.07) is 9.39. The van der Waals surface area contributed by atoms with Crippen molar-refractivity contribution in [3.05, 3.63) is 79.9 Å². The van der Waals surface area contributed by atoms with E-state index < -0.39 is 17.4 Å². The van der Waals surface area contributed by atoms with Crippen LogP contribution in [0.3, 0.4) is 0 Å². The van der Waals surface area contributed by atoms with Crippen LogP contribution in [0.25, 0.3) is 12.2 Å². The summed E-state index contributed by atoms with van der Waals surface area (Å²) in [6.45, 7) is 16.5. The van der Waals surface area contributed by atoms with Gasteiger partial charge in [-0.2, -0.15) is 0 Å². The first-order valence-corrected chi connectivity index (χ1v) is 25.4. The van der Waals surface area contributed by atoms with Gasteiger partial charge in [-0.25, -0.2) is 0 Å². The summed E-state index contributed by atoms with van der Waals surface area (Å²) in [5, 5.41) is 0. The maximum Gasteiger partial charge on any atom is -0.147 e. The summed E-state index contributed by atoms with van der Waals surface area (Å²) in [5.74, 6) is 0. The number of aryl methyl sites for hydroxylation is 4. The van der Waals surface area contributed by atoms with Crippen LogP contribution in [0.15, 0.2) is 35.4 Å². The average molecular weight is 567 g/mol. The van der Waals surface area contributed by atoms with Crippen LogP contribution in [0, 0.1) is 27.7 Å². The van der Waals surface area contributed by atoms with Crippen molar-refractivity contribution in [2.24, 2.45) is 0 Å². The minimum Gasteiger partial charge on any atom is -0.147 e. The second kappa shape index (κ2) is 9.33. The smallest absolute Gasteiger partial charge is 0.147 e. The SMILES string of the molecule is CCC1=Cc2c(C)ccc(C)c2[CH]1[Zr]([CH3])([CH3])(=[SiH2])[CH]1C(CC)=Cc2c(C)ccc(C)c21.Cl.Cl. The Kier molecular flexibility index (Phi) is 8.12. The molecule has 0 aliphatic heterocycles. The third-order valence-corrected chi connectivity index (χ3v) is 25.5. The molecule has 2 aromatic rings. The molecule has 0 saturated carbocycles. The van der Waals surface area contributed by atoms with Gasteiger partial charge in [-0.1, -0.05) is 0 Å². The van der Waals surface area contributed by atoms with Gasteiger partial charge in [-0.15, -0.1) is 24.8 Å². The van der Waals surface area contributed by atoms with Gasteiger partial charge in [0.15, 0.2) is 0 Å². The van der Waals surface area contributed by atoms with Crippen LogP contribution < -0.4 is 0 Å². The zero-order valence-corrected chi connectivity index (χ0v) is 26.6. The van der Waals surface area contributed by atoms with Gasteiger partial charge < -0.3 is 0 Å². The summed E-state index contributed by atoms with van der Waals surface area (Å²) < 4.78 is 6.84. The van der Waals surface area contributed by atoms with E-state index in [0.29, 0.717) is 7.25 Å². The quantitative estimate of drug-likeness (QED) is 0.326. The van der Waals surface area contributed by atoms with Crippen molar-refractivity contribution in [1.82, 2.24) is 0 Å². The van der Waals surface area contributed by atoms with E-state index >= 15 is 0 Å². The number of hydrogen-bond donors (Lipinski definition) is 0. The summed E-state index contributed by atoms with van der Waals surface area (Å²) in [6.07, 6.45) is 7.48. The molecule has 0 fully saturated rings. The van der Waals surface area contributed by atoms with Crippen molar-refractivity contribution in [2.75, 3.05) is 0 Å². The number of benzene rings is 2. The maximum atomic E-state index is 2.77. The summed E-state index contributed by atoms with van der Waals surface area (Å²) in [4.78, 5) is 0. The fourth-order valence-corrected chi connectivity index (χ4v) is 27.0. The van der Waals surface area contributed by atoms with Crippen molar-refractivity contribution in [3.8, 4) is 0 Å². The molecule has 0 saturated heterocycles. The molecule has 0 N–H and O–H groups in total. The van der Waals surface area contributed by atoms with E-state index in [4.69, 9.17) is 0 Å². The molecule has 2 aromatic carbocycles. The normalized spacial score (nSPS) is 19.4. The first-order chi connectivity index (χ1) is 14.0. The Bertz CT molecular complexity index is 1110. The second-order valence-corrected chi connectivity index (χ2v) is 41.5. The number of hydrogen-bond acceptors (Lipinski definition) is 0. The number of allylic oxidation sites excluding steroid dienone is 2. The van der Waals surface area contributed by atoms with E-state index in [1.165, 1.54) is 46.2 Å². The van der Waals surface area contributed by atoms with Crippen molar-refractivity contribution < 1.29 is 17.4 Å². The Morgan fingerprint density at radius 2 is 0.969 bits per heavy atom. The molecule has 0 radical (unpaired) electrons. The molecule has 4 rings (SSSR count). The minimum absolute atomic E-state index is 0. The predicted octanol–water partition coefficient (Wildman–Crippen LogP) is 8.49. The summed E-state index contributed by atoms with van der Waals surface area (Å²) in [7, 11) is 0. The molecule has 0 spiro atoms. The van der Waals surface area contributed by atoms with Crippen LogP contribution >= 0.6 is 24.8 Å². The van der Waals surface area contributed by atoms with Crippen LogP contribution in [0.2, 0.25) is 9.26 Å². The molecule has 2 aliphatic carbocycles. The third kappa shape index (κ3) is 4.02. The first-order valence-electron chi connectivity index (χ1n) is 11.7. The molecule has 0 amide bonds. The van der Waals surface area contributed by atoms with Crippen molar-refractivity contribution >= 4 is 43.8 Å². The van der Waals surface area contributed by atoms with Gasteiger partial charge in [0.1, 0.15) is 0 Å². The van der Waals surface area contributed by atoms with Gasteiger partial charge in [0, 0.05) is 0 Å². The van der Waals surface area contributed by atoms with Gasteiger partial charge in [-0.05, 0) is 0 Å². The monoisotopic (exact) mass is 564 g/mol. The van der Waals surface area contributed by atoms with Gasteiger partial charge in [-0.3, -0.25) is 0 Å². The van der Waals surface area contributed by atoms with Gasteiger partial charge in [0.05, 0.1) is 0 Å². The van der Waals surface area contributed by atoms with Gasteiger partial charge in [0.2, 0.25) is 0 Å². The van der Waals surface area contributed by atoms with Crippen LogP contribution in [0.4, 0.5) is 0 Å². The fraction of sp³-hybridized carbons (Fsp3) is 0.429. The minimum atomic E-state index is -3.38. The van der Waals surface area contributed by atoms with Crippen LogP contribution in [0.1, 0.15) is 78.4 Å². The molecule has 0 nitrogen and oxygen atoms in total. The van der Waals surface area contributed by atoms with Crippen molar-refractivity contribution in [3.63, 3.8) is 0 Å². The number of fused-ring (bicyclic) bond motifs is 2. The molecule has 174 valence electrons. The zero-order chi connectivity index (χ0) is 22.0. The van der Waals surface area contributed by atoms with E-state index in [9.17, 15) is 0 Å². The Labute approximate surface area is 210 Å². The number of halogens is 2. The molecule has 2 atom stereocenters. The van der Waals surface area contributed by atoms with Gasteiger partial charge >= 0.3 is 187 Å². The second-order valence-electron chi connectivity index (χ2n) is 11.0. The largest absolute Gasteiger partial charge is 0.147 e. The molecule has 2 aliphatic rings. The molecule has 0 aromatic heterocycles. The molecule has 0 bridgehead atoms. The molecular weight excluding hydrogens is 527 g/mol. The van der Waals surface area contributed by atoms with Crippen LogP contribution in [-0.2, 0) is 17.4 Å². The van der Waals surface area contributed by atoms with Gasteiger partial charge in [0.25, 0.3) is 0 Å². The molecule has 0 heterocycles. The average Bonchev–Trinajstić information content (AvgIpc) is 3.29. The van der Waals surface area contributed by atoms with Crippen molar-refractivity contribution in [2.45, 2.75) is 70.9 Å². The predicted molar refractivity (Wildman–Crippen MR) is 149 cm³/mol. The van der Waals surface area contributed by atoms with E-state index in [1.807, 2.05) is 0 Å². The van der Waals surface area contributed by atoms with Crippen LogP contribution in [0.5, 0.6) is 0 Å². The molecule has 32 heavy (non-hydrogen) atoms. The maximum absolute atomic E-state index is 3.38. The topological polar surface area (TPSA) is 0 Å². The van der Waals surface area contributed by atoms with Crippen molar-refractivity contribution in [1.29, 1.82) is 0 Å². The Balaban J connectivity index is 0.00000181. The Hall–Kier alpha value is -0.400. The summed E-state index contributed by atoms with van der Waals surface area (Å²) in [5.41, 5.74) is 15.7.